The summed E-state index contributed by atoms with van der Waals surface area (Å²) in [5, 5.41) is 3.77. The third kappa shape index (κ3) is 6.22. The minimum atomic E-state index is 0.413. The highest BCUT2D eigenvalue weighted by molar-refractivity contribution is 5.35. The first kappa shape index (κ1) is 18.2. The average Bonchev–Trinajstić information content (AvgIpc) is 2.36. The van der Waals surface area contributed by atoms with Gasteiger partial charge in [-0.3, -0.25) is 0 Å². The molecule has 1 heteroatoms. The molecule has 0 saturated heterocycles. The van der Waals surface area contributed by atoms with E-state index in [9.17, 15) is 0 Å². The molecule has 0 saturated carbocycles. The smallest absolute Gasteiger partial charge is 0.0325 e. The summed E-state index contributed by atoms with van der Waals surface area (Å²) in [4.78, 5) is 0. The molecule has 0 aliphatic carbocycles. The van der Waals surface area contributed by atoms with Crippen LogP contribution in [0.2, 0.25) is 0 Å². The number of aryl methyl sites for hydroxylation is 1. The molecular weight excluding hydrogens is 254 g/mol. The average molecular weight is 290 g/mol. The summed E-state index contributed by atoms with van der Waals surface area (Å²) in [5.74, 6) is 0.735. The summed E-state index contributed by atoms with van der Waals surface area (Å²) in [5.41, 5.74) is 4.76. The number of benzene rings is 1. The highest BCUT2D eigenvalue weighted by Gasteiger charge is 2.21. The third-order valence-corrected chi connectivity index (χ3v) is 4.26. The fraction of sp³-hybridized carbons (Fsp3) is 0.700. The molecule has 1 nitrogen and oxygen atoms in total. The first-order valence-corrected chi connectivity index (χ1v) is 8.54. The largest absolute Gasteiger partial charge is 0.310 e. The SMILES string of the molecule is CCCNC(CC(C)CC(C)(C)C)c1cccc(C)c1C. The molecule has 0 amide bonds. The van der Waals surface area contributed by atoms with Crippen LogP contribution in [0.1, 0.15) is 76.6 Å². The van der Waals surface area contributed by atoms with Gasteiger partial charge in [-0.15, -0.1) is 0 Å². The Hall–Kier alpha value is -0.820. The fourth-order valence-electron chi connectivity index (χ4n) is 3.32. The predicted molar refractivity (Wildman–Crippen MR) is 94.8 cm³/mol. The van der Waals surface area contributed by atoms with Gasteiger partial charge in [0.1, 0.15) is 0 Å². The molecule has 0 spiro atoms. The van der Waals surface area contributed by atoms with Crippen LogP contribution in [0, 0.1) is 25.2 Å². The number of hydrogen-bond acceptors (Lipinski definition) is 1. The van der Waals surface area contributed by atoms with Crippen LogP contribution in [0.5, 0.6) is 0 Å². The van der Waals surface area contributed by atoms with E-state index in [4.69, 9.17) is 0 Å². The van der Waals surface area contributed by atoms with Crippen molar-refractivity contribution in [3.63, 3.8) is 0 Å². The first-order chi connectivity index (χ1) is 9.74. The lowest BCUT2D eigenvalue weighted by molar-refractivity contribution is 0.275. The van der Waals surface area contributed by atoms with E-state index < -0.39 is 0 Å². The summed E-state index contributed by atoms with van der Waals surface area (Å²) in [6.07, 6.45) is 3.69. The van der Waals surface area contributed by atoms with Crippen LogP contribution in [0.25, 0.3) is 0 Å². The zero-order valence-corrected chi connectivity index (χ0v) is 15.2. The zero-order chi connectivity index (χ0) is 16.0. The Kier molecular flexibility index (Phi) is 6.93. The standard InChI is InChI=1S/C20H35N/c1-8-12-21-19(13-15(2)14-20(5,6)7)18-11-9-10-16(3)17(18)4/h9-11,15,19,21H,8,12-14H2,1-7H3. The molecule has 120 valence electrons. The Labute approximate surface area is 132 Å². The van der Waals surface area contributed by atoms with Gasteiger partial charge in [0.25, 0.3) is 0 Å². The molecule has 21 heavy (non-hydrogen) atoms. The van der Waals surface area contributed by atoms with E-state index in [0.717, 1.165) is 12.5 Å². The second kappa shape index (κ2) is 7.98. The molecule has 2 atom stereocenters. The van der Waals surface area contributed by atoms with E-state index in [0.29, 0.717) is 11.5 Å². The van der Waals surface area contributed by atoms with Gasteiger partial charge < -0.3 is 5.32 Å². The monoisotopic (exact) mass is 289 g/mol. The van der Waals surface area contributed by atoms with Gasteiger partial charge in [0, 0.05) is 6.04 Å². The number of rotatable bonds is 7. The van der Waals surface area contributed by atoms with Crippen LogP contribution in [-0.2, 0) is 0 Å². The van der Waals surface area contributed by atoms with Gasteiger partial charge in [0.2, 0.25) is 0 Å². The summed E-state index contributed by atoms with van der Waals surface area (Å²) in [6.45, 7) is 17.2. The van der Waals surface area contributed by atoms with Crippen LogP contribution < -0.4 is 5.32 Å². The summed E-state index contributed by atoms with van der Waals surface area (Å²) in [6, 6.07) is 7.21. The molecule has 1 rings (SSSR count). The normalized spacial score (nSPS) is 15.0. The summed E-state index contributed by atoms with van der Waals surface area (Å²) < 4.78 is 0. The van der Waals surface area contributed by atoms with Crippen molar-refractivity contribution in [1.29, 1.82) is 0 Å². The minimum Gasteiger partial charge on any atom is -0.310 e. The predicted octanol–water partition coefficient (Wildman–Crippen LogP) is 5.81. The lowest BCUT2D eigenvalue weighted by atomic mass is 9.81. The highest BCUT2D eigenvalue weighted by Crippen LogP contribution is 2.32. The van der Waals surface area contributed by atoms with Gasteiger partial charge >= 0.3 is 0 Å². The van der Waals surface area contributed by atoms with Crippen molar-refractivity contribution in [1.82, 2.24) is 5.32 Å². The Morgan fingerprint density at radius 1 is 1.14 bits per heavy atom. The van der Waals surface area contributed by atoms with E-state index in [1.165, 1.54) is 36.0 Å². The Morgan fingerprint density at radius 2 is 1.81 bits per heavy atom. The molecule has 0 fully saturated rings. The van der Waals surface area contributed by atoms with Crippen LogP contribution >= 0.6 is 0 Å². The van der Waals surface area contributed by atoms with Gasteiger partial charge in [-0.2, -0.15) is 0 Å². The van der Waals surface area contributed by atoms with Crippen LogP contribution in [0.4, 0.5) is 0 Å². The Bertz CT molecular complexity index is 428. The summed E-state index contributed by atoms with van der Waals surface area (Å²) >= 11 is 0. The second-order valence-electron chi connectivity index (χ2n) is 7.90. The third-order valence-electron chi connectivity index (χ3n) is 4.26. The van der Waals surface area contributed by atoms with Gasteiger partial charge in [-0.25, -0.2) is 0 Å². The molecule has 1 aromatic carbocycles. The van der Waals surface area contributed by atoms with Crippen LogP contribution in [0.3, 0.4) is 0 Å². The molecule has 0 aliphatic rings. The van der Waals surface area contributed by atoms with E-state index in [2.05, 4.69) is 72.0 Å². The number of nitrogens with one attached hydrogen (secondary N) is 1. The molecule has 0 aromatic heterocycles. The van der Waals surface area contributed by atoms with E-state index >= 15 is 0 Å². The molecule has 1 N–H and O–H groups in total. The molecule has 0 heterocycles. The van der Waals surface area contributed by atoms with Crippen molar-refractivity contribution in [2.24, 2.45) is 11.3 Å². The van der Waals surface area contributed by atoms with E-state index in [1.54, 1.807) is 0 Å². The van der Waals surface area contributed by atoms with Gasteiger partial charge in [-0.1, -0.05) is 52.8 Å². The molecule has 2 unspecified atom stereocenters. The van der Waals surface area contributed by atoms with Gasteiger partial charge in [-0.05, 0) is 67.7 Å². The van der Waals surface area contributed by atoms with Crippen molar-refractivity contribution in [2.75, 3.05) is 6.54 Å². The van der Waals surface area contributed by atoms with Crippen LogP contribution in [0.15, 0.2) is 18.2 Å². The quantitative estimate of drug-likeness (QED) is 0.668. The lowest BCUT2D eigenvalue weighted by Crippen LogP contribution is -2.26. The summed E-state index contributed by atoms with van der Waals surface area (Å²) in [7, 11) is 0. The molecule has 0 bridgehead atoms. The van der Waals surface area contributed by atoms with E-state index in [-0.39, 0.29) is 0 Å². The van der Waals surface area contributed by atoms with Crippen molar-refractivity contribution in [2.45, 2.75) is 73.8 Å². The maximum atomic E-state index is 3.77. The fourth-order valence-corrected chi connectivity index (χ4v) is 3.32. The highest BCUT2D eigenvalue weighted by atomic mass is 14.9. The lowest BCUT2D eigenvalue weighted by Gasteiger charge is -2.28. The number of hydrogen-bond donors (Lipinski definition) is 1. The zero-order valence-electron chi connectivity index (χ0n) is 15.2. The topological polar surface area (TPSA) is 12.0 Å². The molecule has 1 aromatic rings. The molecule has 0 aliphatic heterocycles. The maximum Gasteiger partial charge on any atom is 0.0325 e. The maximum absolute atomic E-state index is 3.77. The Morgan fingerprint density at radius 3 is 2.38 bits per heavy atom. The van der Waals surface area contributed by atoms with Crippen molar-refractivity contribution < 1.29 is 0 Å². The minimum absolute atomic E-state index is 0.413. The Balaban J connectivity index is 2.87. The van der Waals surface area contributed by atoms with Crippen molar-refractivity contribution >= 4 is 0 Å². The van der Waals surface area contributed by atoms with Crippen LogP contribution in [-0.4, -0.2) is 6.54 Å². The second-order valence-corrected chi connectivity index (χ2v) is 7.90. The van der Waals surface area contributed by atoms with E-state index in [1.807, 2.05) is 0 Å². The van der Waals surface area contributed by atoms with Crippen molar-refractivity contribution in [3.05, 3.63) is 34.9 Å². The first-order valence-electron chi connectivity index (χ1n) is 8.54. The van der Waals surface area contributed by atoms with Gasteiger partial charge in [0.15, 0.2) is 0 Å². The molecule has 0 radical (unpaired) electrons. The molecular formula is C20H35N. The van der Waals surface area contributed by atoms with Gasteiger partial charge in [0.05, 0.1) is 0 Å². The van der Waals surface area contributed by atoms with Crippen molar-refractivity contribution in [3.8, 4) is 0 Å².